The summed E-state index contributed by atoms with van der Waals surface area (Å²) in [5.74, 6) is 0.474. The van der Waals surface area contributed by atoms with Gasteiger partial charge in [0.15, 0.2) is 0 Å². The predicted molar refractivity (Wildman–Crippen MR) is 89.5 cm³/mol. The van der Waals surface area contributed by atoms with Crippen molar-refractivity contribution < 1.29 is 18.4 Å². The van der Waals surface area contributed by atoms with E-state index in [1.165, 1.54) is 6.26 Å². The Morgan fingerprint density at radius 3 is 2.68 bits per heavy atom. The highest BCUT2D eigenvalue weighted by Crippen LogP contribution is 2.22. The minimum absolute atomic E-state index is 0.0232. The molecule has 25 heavy (non-hydrogen) atoms. The summed E-state index contributed by atoms with van der Waals surface area (Å²) < 4.78 is 10.5. The topological polar surface area (TPSA) is 110 Å². The van der Waals surface area contributed by atoms with Gasteiger partial charge in [0.25, 0.3) is 5.22 Å². The molecule has 0 bridgehead atoms. The monoisotopic (exact) mass is 358 g/mol. The second kappa shape index (κ2) is 8.15. The van der Waals surface area contributed by atoms with E-state index >= 15 is 0 Å². The second-order valence-corrected chi connectivity index (χ2v) is 5.76. The third kappa shape index (κ3) is 4.95. The molecule has 0 spiro atoms. The molecule has 0 saturated heterocycles. The minimum atomic E-state index is -0.600. The Kier molecular flexibility index (Phi) is 5.47. The lowest BCUT2D eigenvalue weighted by molar-refractivity contribution is -0.117. The van der Waals surface area contributed by atoms with E-state index in [2.05, 4.69) is 20.8 Å². The number of nitrogens with zero attached hydrogens (tertiary/aromatic N) is 2. The summed E-state index contributed by atoms with van der Waals surface area (Å²) in [6.45, 7) is 0.198. The molecule has 3 rings (SSSR count). The van der Waals surface area contributed by atoms with Crippen LogP contribution in [0.3, 0.4) is 0 Å². The number of furan rings is 1. The smallest absolute Gasteiger partial charge is 0.321 e. The molecule has 0 aliphatic heterocycles. The molecule has 0 atom stereocenters. The molecule has 0 radical (unpaired) electrons. The van der Waals surface area contributed by atoms with E-state index in [0.29, 0.717) is 11.7 Å². The maximum absolute atomic E-state index is 11.8. The summed E-state index contributed by atoms with van der Waals surface area (Å²) in [5, 5.41) is 12.8. The Balaban J connectivity index is 1.43. The molecule has 0 aliphatic rings. The maximum atomic E-state index is 11.8. The molecule has 8 nitrogen and oxygen atoms in total. The van der Waals surface area contributed by atoms with Crippen molar-refractivity contribution in [1.82, 2.24) is 20.8 Å². The Bertz CT molecular complexity index is 833. The maximum Gasteiger partial charge on any atom is 0.321 e. The molecular formula is C16H14N4O4S. The van der Waals surface area contributed by atoms with Crippen LogP contribution in [0, 0.1) is 0 Å². The van der Waals surface area contributed by atoms with Crippen molar-refractivity contribution in [1.29, 1.82) is 0 Å². The van der Waals surface area contributed by atoms with Gasteiger partial charge in [-0.1, -0.05) is 30.0 Å². The van der Waals surface area contributed by atoms with Gasteiger partial charge in [-0.25, -0.2) is 4.79 Å². The number of hydrogen-bond acceptors (Lipinski definition) is 7. The first-order valence-electron chi connectivity index (χ1n) is 7.32. The lowest BCUT2D eigenvalue weighted by Crippen LogP contribution is -2.39. The summed E-state index contributed by atoms with van der Waals surface area (Å²) in [5.41, 5.74) is 0.795. The largest absolute Gasteiger partial charge is 0.467 e. The Hall–Kier alpha value is -3.07. The number of rotatable bonds is 6. The average molecular weight is 358 g/mol. The van der Waals surface area contributed by atoms with Crippen LogP contribution in [0.2, 0.25) is 0 Å². The van der Waals surface area contributed by atoms with Gasteiger partial charge in [-0.15, -0.1) is 10.2 Å². The molecule has 0 aliphatic carbocycles. The van der Waals surface area contributed by atoms with E-state index in [1.54, 1.807) is 12.1 Å². The summed E-state index contributed by atoms with van der Waals surface area (Å²) in [4.78, 5) is 23.4. The van der Waals surface area contributed by atoms with Crippen molar-refractivity contribution in [2.45, 2.75) is 11.8 Å². The van der Waals surface area contributed by atoms with Gasteiger partial charge in [-0.05, 0) is 24.3 Å². The molecule has 0 saturated carbocycles. The van der Waals surface area contributed by atoms with Crippen LogP contribution in [-0.4, -0.2) is 27.9 Å². The number of nitrogens with one attached hydrogen (secondary N) is 2. The minimum Gasteiger partial charge on any atom is -0.467 e. The Labute approximate surface area is 147 Å². The molecule has 3 amide bonds. The van der Waals surface area contributed by atoms with E-state index in [9.17, 15) is 9.59 Å². The summed E-state index contributed by atoms with van der Waals surface area (Å²) >= 11 is 1.05. The highest BCUT2D eigenvalue weighted by molar-refractivity contribution is 7.99. The van der Waals surface area contributed by atoms with Crippen molar-refractivity contribution in [3.05, 3.63) is 54.5 Å². The van der Waals surface area contributed by atoms with E-state index in [0.717, 1.165) is 17.3 Å². The molecule has 2 heterocycles. The highest BCUT2D eigenvalue weighted by atomic mass is 32.2. The average Bonchev–Trinajstić information content (AvgIpc) is 3.31. The van der Waals surface area contributed by atoms with Crippen LogP contribution in [0.15, 0.2) is 62.8 Å². The van der Waals surface area contributed by atoms with Crippen molar-refractivity contribution in [3.63, 3.8) is 0 Å². The Morgan fingerprint density at radius 2 is 1.92 bits per heavy atom. The van der Waals surface area contributed by atoms with E-state index in [1.807, 2.05) is 30.3 Å². The van der Waals surface area contributed by atoms with Crippen LogP contribution >= 0.6 is 11.8 Å². The first-order chi connectivity index (χ1) is 12.2. The number of urea groups is 1. The van der Waals surface area contributed by atoms with Crippen LogP contribution in [0.5, 0.6) is 0 Å². The molecule has 128 valence electrons. The van der Waals surface area contributed by atoms with Gasteiger partial charge in [0.2, 0.25) is 11.8 Å². The molecule has 3 aromatic rings. The quantitative estimate of drug-likeness (QED) is 0.651. The molecule has 2 N–H and O–H groups in total. The third-order valence-corrected chi connectivity index (χ3v) is 3.83. The zero-order valence-corrected chi connectivity index (χ0v) is 13.8. The van der Waals surface area contributed by atoms with Crippen molar-refractivity contribution in [3.8, 4) is 11.5 Å². The van der Waals surface area contributed by atoms with Crippen molar-refractivity contribution >= 4 is 23.7 Å². The number of benzene rings is 1. The zero-order valence-electron chi connectivity index (χ0n) is 13.0. The number of thioether (sulfide) groups is 1. The van der Waals surface area contributed by atoms with E-state index in [-0.39, 0.29) is 17.5 Å². The SMILES string of the molecule is O=C(CSc1nnc(-c2ccccc2)o1)NC(=O)NCc1ccco1. The lowest BCUT2D eigenvalue weighted by atomic mass is 10.2. The van der Waals surface area contributed by atoms with Gasteiger partial charge in [-0.2, -0.15) is 0 Å². The number of carbonyl (C=O) groups excluding carboxylic acids is 2. The number of carbonyl (C=O) groups is 2. The van der Waals surface area contributed by atoms with Crippen LogP contribution in [0.25, 0.3) is 11.5 Å². The van der Waals surface area contributed by atoms with Gasteiger partial charge in [-0.3, -0.25) is 10.1 Å². The zero-order chi connectivity index (χ0) is 17.5. The fourth-order valence-electron chi connectivity index (χ4n) is 1.88. The van der Waals surface area contributed by atoms with E-state index < -0.39 is 11.9 Å². The van der Waals surface area contributed by atoms with Crippen LogP contribution in [0.1, 0.15) is 5.76 Å². The third-order valence-electron chi connectivity index (χ3n) is 3.01. The molecule has 1 aromatic carbocycles. The van der Waals surface area contributed by atoms with Crippen LogP contribution in [0.4, 0.5) is 4.79 Å². The van der Waals surface area contributed by atoms with Gasteiger partial charge < -0.3 is 14.2 Å². The van der Waals surface area contributed by atoms with Gasteiger partial charge in [0.1, 0.15) is 5.76 Å². The fraction of sp³-hybridized carbons (Fsp3) is 0.125. The predicted octanol–water partition coefficient (Wildman–Crippen LogP) is 2.45. The number of aromatic nitrogens is 2. The number of hydrogen-bond donors (Lipinski definition) is 2. The molecule has 0 fully saturated rings. The van der Waals surface area contributed by atoms with Crippen molar-refractivity contribution in [2.24, 2.45) is 0 Å². The van der Waals surface area contributed by atoms with Crippen molar-refractivity contribution in [2.75, 3.05) is 5.75 Å². The molecule has 9 heteroatoms. The van der Waals surface area contributed by atoms with Crippen LogP contribution in [-0.2, 0) is 11.3 Å². The fourth-order valence-corrected chi connectivity index (χ4v) is 2.44. The van der Waals surface area contributed by atoms with Gasteiger partial charge in [0.05, 0.1) is 18.6 Å². The molecule has 2 aromatic heterocycles. The van der Waals surface area contributed by atoms with Gasteiger partial charge in [0, 0.05) is 5.56 Å². The van der Waals surface area contributed by atoms with Gasteiger partial charge >= 0.3 is 6.03 Å². The number of imide groups is 1. The molecule has 0 unspecified atom stereocenters. The summed E-state index contributed by atoms with van der Waals surface area (Å²) in [6.07, 6.45) is 1.50. The lowest BCUT2D eigenvalue weighted by Gasteiger charge is -2.04. The first kappa shape index (κ1) is 16.8. The normalized spacial score (nSPS) is 10.4. The Morgan fingerprint density at radius 1 is 1.08 bits per heavy atom. The highest BCUT2D eigenvalue weighted by Gasteiger charge is 2.13. The van der Waals surface area contributed by atoms with E-state index in [4.69, 9.17) is 8.83 Å². The summed E-state index contributed by atoms with van der Waals surface area (Å²) in [6, 6.07) is 12.1. The molecular weight excluding hydrogens is 344 g/mol. The van der Waals surface area contributed by atoms with Crippen LogP contribution < -0.4 is 10.6 Å². The second-order valence-electron chi connectivity index (χ2n) is 4.84. The standard InChI is InChI=1S/C16H14N4O4S/c21-13(18-15(22)17-9-12-7-4-8-23-12)10-25-16-20-19-14(24-16)11-5-2-1-3-6-11/h1-8H,9-10H2,(H2,17,18,21,22). The number of amides is 3. The first-order valence-corrected chi connectivity index (χ1v) is 8.31. The summed E-state index contributed by atoms with van der Waals surface area (Å²) in [7, 11) is 0.